The van der Waals surface area contributed by atoms with Crippen molar-refractivity contribution in [2.24, 2.45) is 11.8 Å². The fourth-order valence-corrected chi connectivity index (χ4v) is 3.32. The number of aliphatic hydroxyl groups is 2. The summed E-state index contributed by atoms with van der Waals surface area (Å²) in [6.07, 6.45) is 5.29. The smallest absolute Gasteiger partial charge is 0.0683 e. The zero-order valence-electron chi connectivity index (χ0n) is 11.0. The van der Waals surface area contributed by atoms with Crippen LogP contribution in [0.15, 0.2) is 11.6 Å². The first-order chi connectivity index (χ1) is 8.11. The number of nitrogens with zero attached hydrogens (tertiary/aromatic N) is 1. The highest BCUT2D eigenvalue weighted by atomic mass is 16.3. The van der Waals surface area contributed by atoms with Crippen LogP contribution in [0.3, 0.4) is 0 Å². The van der Waals surface area contributed by atoms with Gasteiger partial charge >= 0.3 is 0 Å². The highest BCUT2D eigenvalue weighted by Crippen LogP contribution is 2.32. The van der Waals surface area contributed by atoms with Crippen LogP contribution in [-0.2, 0) is 0 Å². The summed E-state index contributed by atoms with van der Waals surface area (Å²) in [5.41, 5.74) is 1.49. The summed E-state index contributed by atoms with van der Waals surface area (Å²) in [4.78, 5) is 2.27. The molecule has 3 nitrogen and oxygen atoms in total. The second kappa shape index (κ2) is 5.51. The van der Waals surface area contributed by atoms with Gasteiger partial charge in [-0.05, 0) is 38.0 Å². The summed E-state index contributed by atoms with van der Waals surface area (Å²) in [7, 11) is 0. The number of hydrogen-bond acceptors (Lipinski definition) is 3. The van der Waals surface area contributed by atoms with Crippen LogP contribution in [0.25, 0.3) is 0 Å². The molecule has 1 fully saturated rings. The minimum Gasteiger partial charge on any atom is -0.395 e. The van der Waals surface area contributed by atoms with Gasteiger partial charge in [0.05, 0.1) is 12.7 Å². The van der Waals surface area contributed by atoms with E-state index in [1.807, 2.05) is 0 Å². The van der Waals surface area contributed by atoms with E-state index in [4.69, 9.17) is 0 Å². The van der Waals surface area contributed by atoms with E-state index >= 15 is 0 Å². The molecular weight excluding hydrogens is 214 g/mol. The van der Waals surface area contributed by atoms with Gasteiger partial charge in [-0.25, -0.2) is 0 Å². The Kier molecular flexibility index (Phi) is 4.23. The average Bonchev–Trinajstić information content (AvgIpc) is 2.64. The Morgan fingerprint density at radius 3 is 2.88 bits per heavy atom. The molecule has 0 spiro atoms. The first-order valence-electron chi connectivity index (χ1n) is 6.81. The number of β-amino-alcohol motifs (C(OH)–C–C–N with tert-alkyl or cyclic N) is 1. The molecule has 3 heteroatoms. The third-order valence-corrected chi connectivity index (χ3v) is 4.51. The Morgan fingerprint density at radius 2 is 2.24 bits per heavy atom. The molecule has 0 aromatic rings. The zero-order valence-corrected chi connectivity index (χ0v) is 11.0. The van der Waals surface area contributed by atoms with Gasteiger partial charge in [-0.2, -0.15) is 0 Å². The van der Waals surface area contributed by atoms with Gasteiger partial charge in [-0.3, -0.25) is 4.90 Å². The van der Waals surface area contributed by atoms with Crippen LogP contribution in [0.1, 0.15) is 33.1 Å². The molecule has 0 amide bonds. The van der Waals surface area contributed by atoms with Crippen LogP contribution in [0.2, 0.25) is 0 Å². The van der Waals surface area contributed by atoms with Crippen molar-refractivity contribution in [1.82, 2.24) is 4.90 Å². The number of hydrogen-bond donors (Lipinski definition) is 2. The summed E-state index contributed by atoms with van der Waals surface area (Å²) < 4.78 is 0. The lowest BCUT2D eigenvalue weighted by molar-refractivity contribution is 0.130. The van der Waals surface area contributed by atoms with Crippen molar-refractivity contribution in [1.29, 1.82) is 0 Å². The lowest BCUT2D eigenvalue weighted by Crippen LogP contribution is -2.39. The van der Waals surface area contributed by atoms with Crippen molar-refractivity contribution in [3.63, 3.8) is 0 Å². The molecule has 1 aliphatic carbocycles. The summed E-state index contributed by atoms with van der Waals surface area (Å²) in [6, 6.07) is 0.159. The normalized spacial score (nSPS) is 39.4. The van der Waals surface area contributed by atoms with Gasteiger partial charge in [0.25, 0.3) is 0 Å². The van der Waals surface area contributed by atoms with Crippen molar-refractivity contribution >= 4 is 0 Å². The van der Waals surface area contributed by atoms with E-state index in [-0.39, 0.29) is 18.8 Å². The van der Waals surface area contributed by atoms with Gasteiger partial charge in [0.15, 0.2) is 0 Å². The van der Waals surface area contributed by atoms with Crippen molar-refractivity contribution in [2.75, 3.05) is 19.7 Å². The van der Waals surface area contributed by atoms with Crippen LogP contribution < -0.4 is 0 Å². The maximum atomic E-state index is 9.70. The third kappa shape index (κ3) is 2.90. The molecule has 0 bridgehead atoms. The first kappa shape index (κ1) is 13.1. The number of rotatable bonds is 3. The van der Waals surface area contributed by atoms with Crippen molar-refractivity contribution in [3.8, 4) is 0 Å². The standard InChI is InChI=1S/C14H25NO2/c1-10-4-3-5-11(2)14(10)8-15-7-13(17)6-12(15)9-16/h4,11-14,16-17H,3,5-9H2,1-2H3/t11-,12+,13+,14+/m1/s1. The highest BCUT2D eigenvalue weighted by molar-refractivity contribution is 5.10. The molecule has 2 aliphatic rings. The topological polar surface area (TPSA) is 43.7 Å². The number of allylic oxidation sites excluding steroid dienone is 1. The van der Waals surface area contributed by atoms with E-state index < -0.39 is 0 Å². The predicted molar refractivity (Wildman–Crippen MR) is 68.7 cm³/mol. The molecular formula is C14H25NO2. The molecule has 2 rings (SSSR count). The molecule has 0 saturated carbocycles. The van der Waals surface area contributed by atoms with E-state index in [1.54, 1.807) is 0 Å². The molecule has 17 heavy (non-hydrogen) atoms. The molecule has 0 aromatic carbocycles. The summed E-state index contributed by atoms with van der Waals surface area (Å²) in [5, 5.41) is 19.0. The maximum Gasteiger partial charge on any atom is 0.0683 e. The quantitative estimate of drug-likeness (QED) is 0.732. The SMILES string of the molecule is CC1=CCC[C@@H](C)[C@H]1CN1C[C@@H](O)C[C@H]1CO. The van der Waals surface area contributed by atoms with E-state index in [0.29, 0.717) is 5.92 Å². The second-order valence-corrected chi connectivity index (χ2v) is 5.79. The van der Waals surface area contributed by atoms with Crippen molar-refractivity contribution in [3.05, 3.63) is 11.6 Å². The van der Waals surface area contributed by atoms with Crippen LogP contribution >= 0.6 is 0 Å². The third-order valence-electron chi connectivity index (χ3n) is 4.51. The molecule has 98 valence electrons. The first-order valence-corrected chi connectivity index (χ1v) is 6.81. The lowest BCUT2D eigenvalue weighted by atomic mass is 9.80. The summed E-state index contributed by atoms with van der Waals surface area (Å²) >= 11 is 0. The van der Waals surface area contributed by atoms with Crippen LogP contribution in [-0.4, -0.2) is 47.0 Å². The fourth-order valence-electron chi connectivity index (χ4n) is 3.32. The number of likely N-dealkylation sites (tertiary alicyclic amines) is 1. The van der Waals surface area contributed by atoms with E-state index in [0.717, 1.165) is 25.4 Å². The second-order valence-electron chi connectivity index (χ2n) is 5.79. The molecule has 4 atom stereocenters. The molecule has 1 saturated heterocycles. The zero-order chi connectivity index (χ0) is 12.4. The molecule has 2 N–H and O–H groups in total. The maximum absolute atomic E-state index is 9.70. The lowest BCUT2D eigenvalue weighted by Gasteiger charge is -2.34. The van der Waals surface area contributed by atoms with Crippen molar-refractivity contribution < 1.29 is 10.2 Å². The Labute approximate surface area is 104 Å². The van der Waals surface area contributed by atoms with Gasteiger partial charge in [0, 0.05) is 19.1 Å². The minimum absolute atomic E-state index is 0.159. The van der Waals surface area contributed by atoms with Crippen molar-refractivity contribution in [2.45, 2.75) is 45.3 Å². The molecule has 0 radical (unpaired) electrons. The highest BCUT2D eigenvalue weighted by Gasteiger charge is 2.33. The van der Waals surface area contributed by atoms with Gasteiger partial charge < -0.3 is 10.2 Å². The van der Waals surface area contributed by atoms with Gasteiger partial charge in [0.1, 0.15) is 0 Å². The predicted octanol–water partition coefficient (Wildman–Crippen LogP) is 1.41. The molecule has 0 unspecified atom stereocenters. The van der Waals surface area contributed by atoms with Gasteiger partial charge in [-0.1, -0.05) is 18.6 Å². The number of aliphatic hydroxyl groups excluding tert-OH is 2. The fraction of sp³-hybridized carbons (Fsp3) is 0.857. The van der Waals surface area contributed by atoms with Crippen LogP contribution in [0, 0.1) is 11.8 Å². The van der Waals surface area contributed by atoms with Crippen LogP contribution in [0.4, 0.5) is 0 Å². The van der Waals surface area contributed by atoms with E-state index in [9.17, 15) is 10.2 Å². The molecule has 0 aromatic heterocycles. The van der Waals surface area contributed by atoms with Crippen LogP contribution in [0.5, 0.6) is 0 Å². The molecule has 1 aliphatic heterocycles. The monoisotopic (exact) mass is 239 g/mol. The summed E-state index contributed by atoms with van der Waals surface area (Å²) in [6.45, 7) is 6.43. The summed E-state index contributed by atoms with van der Waals surface area (Å²) in [5.74, 6) is 1.32. The molecule has 1 heterocycles. The van der Waals surface area contributed by atoms with E-state index in [2.05, 4.69) is 24.8 Å². The van der Waals surface area contributed by atoms with E-state index in [1.165, 1.54) is 18.4 Å². The van der Waals surface area contributed by atoms with Gasteiger partial charge in [0.2, 0.25) is 0 Å². The van der Waals surface area contributed by atoms with Gasteiger partial charge in [-0.15, -0.1) is 0 Å². The Balaban J connectivity index is 1.99. The average molecular weight is 239 g/mol. The Hall–Kier alpha value is -0.380. The minimum atomic E-state index is -0.254. The Morgan fingerprint density at radius 1 is 1.47 bits per heavy atom. The largest absolute Gasteiger partial charge is 0.395 e. The Bertz CT molecular complexity index is 290.